The van der Waals surface area contributed by atoms with Gasteiger partial charge in [-0.05, 0) is 40.1 Å². The van der Waals surface area contributed by atoms with Crippen molar-refractivity contribution in [3.63, 3.8) is 0 Å². The maximum atomic E-state index is 12.3. The van der Waals surface area contributed by atoms with Crippen LogP contribution in [0.15, 0.2) is 77.9 Å². The van der Waals surface area contributed by atoms with Gasteiger partial charge in [0.05, 0.1) is 11.1 Å². The lowest BCUT2D eigenvalue weighted by molar-refractivity contribution is -0.384. The molecule has 0 fully saturated rings. The van der Waals surface area contributed by atoms with Gasteiger partial charge < -0.3 is 0 Å². The average molecular weight is 383 g/mol. The van der Waals surface area contributed by atoms with Crippen molar-refractivity contribution in [3.8, 4) is 0 Å². The first kappa shape index (κ1) is 18.3. The van der Waals surface area contributed by atoms with Crippen LogP contribution in [-0.2, 0) is 0 Å². The molecule has 0 aliphatic rings. The van der Waals surface area contributed by atoms with Gasteiger partial charge in [0, 0.05) is 23.3 Å². The van der Waals surface area contributed by atoms with Crippen LogP contribution in [0.1, 0.15) is 21.5 Å². The molecule has 6 nitrogen and oxygen atoms in total. The van der Waals surface area contributed by atoms with Gasteiger partial charge in [-0.15, -0.1) is 0 Å². The molecule has 142 valence electrons. The number of hydrogen-bond donors (Lipinski definition) is 1. The van der Waals surface area contributed by atoms with Crippen LogP contribution in [-0.4, -0.2) is 17.0 Å². The normalized spacial score (nSPS) is 11.2. The molecular formula is C23H17N3O3. The Balaban J connectivity index is 1.71. The Morgan fingerprint density at radius 1 is 0.931 bits per heavy atom. The second-order valence-corrected chi connectivity index (χ2v) is 6.64. The van der Waals surface area contributed by atoms with Crippen molar-refractivity contribution in [3.05, 3.63) is 99.6 Å². The van der Waals surface area contributed by atoms with Crippen molar-refractivity contribution in [2.75, 3.05) is 0 Å². The number of nitrogens with zero attached hydrogens (tertiary/aromatic N) is 2. The summed E-state index contributed by atoms with van der Waals surface area (Å²) in [6.45, 7) is 2.09. The first-order chi connectivity index (χ1) is 14.1. The molecular weight excluding hydrogens is 366 g/mol. The van der Waals surface area contributed by atoms with E-state index < -0.39 is 10.8 Å². The smallest absolute Gasteiger partial charge is 0.267 e. The fourth-order valence-electron chi connectivity index (χ4n) is 3.50. The summed E-state index contributed by atoms with van der Waals surface area (Å²) in [5, 5.41) is 19.3. The molecule has 0 aliphatic carbocycles. The zero-order valence-electron chi connectivity index (χ0n) is 15.6. The van der Waals surface area contributed by atoms with Gasteiger partial charge in [0.2, 0.25) is 0 Å². The molecule has 0 aliphatic heterocycles. The topological polar surface area (TPSA) is 84.6 Å². The molecule has 0 heterocycles. The van der Waals surface area contributed by atoms with Crippen molar-refractivity contribution in [1.29, 1.82) is 0 Å². The number of amides is 1. The van der Waals surface area contributed by atoms with Crippen molar-refractivity contribution < 1.29 is 9.72 Å². The zero-order valence-corrected chi connectivity index (χ0v) is 15.6. The van der Waals surface area contributed by atoms with Crippen molar-refractivity contribution in [1.82, 2.24) is 5.43 Å². The van der Waals surface area contributed by atoms with E-state index in [0.29, 0.717) is 0 Å². The fraction of sp³-hybridized carbons (Fsp3) is 0.0435. The molecule has 0 radical (unpaired) electrons. The Bertz CT molecular complexity index is 1240. The number of fused-ring (bicyclic) bond motifs is 2. The summed E-state index contributed by atoms with van der Waals surface area (Å²) in [5.41, 5.74) is 4.59. The molecule has 1 N–H and O–H groups in total. The Labute approximate surface area is 166 Å². The minimum Gasteiger partial charge on any atom is -0.267 e. The van der Waals surface area contributed by atoms with E-state index in [9.17, 15) is 14.9 Å². The number of hydrogen-bond acceptors (Lipinski definition) is 4. The van der Waals surface area contributed by atoms with E-state index >= 15 is 0 Å². The van der Waals surface area contributed by atoms with Crippen LogP contribution in [0, 0.1) is 17.0 Å². The highest BCUT2D eigenvalue weighted by atomic mass is 16.6. The SMILES string of the molecule is Cc1c2ccccc2c(/C=N/NC(=O)c2cccc([N+](=O)[O-])c2)c2ccccc12. The lowest BCUT2D eigenvalue weighted by atomic mass is 9.93. The largest absolute Gasteiger partial charge is 0.271 e. The summed E-state index contributed by atoms with van der Waals surface area (Å²) in [5.74, 6) is -0.509. The number of nitrogens with one attached hydrogen (secondary N) is 1. The van der Waals surface area contributed by atoms with Crippen LogP contribution in [0.5, 0.6) is 0 Å². The highest BCUT2D eigenvalue weighted by Gasteiger charge is 2.12. The third-order valence-corrected chi connectivity index (χ3v) is 4.92. The van der Waals surface area contributed by atoms with Gasteiger partial charge >= 0.3 is 0 Å². The lowest BCUT2D eigenvalue weighted by Crippen LogP contribution is -2.17. The van der Waals surface area contributed by atoms with Crippen molar-refractivity contribution in [2.45, 2.75) is 6.92 Å². The molecule has 4 rings (SSSR count). The number of nitro benzene ring substituents is 1. The first-order valence-electron chi connectivity index (χ1n) is 9.04. The number of hydrazone groups is 1. The molecule has 0 saturated carbocycles. The van der Waals surface area contributed by atoms with E-state index in [-0.39, 0.29) is 11.3 Å². The average Bonchev–Trinajstić information content (AvgIpc) is 2.76. The summed E-state index contributed by atoms with van der Waals surface area (Å²) in [7, 11) is 0. The van der Waals surface area contributed by atoms with Gasteiger partial charge in [0.25, 0.3) is 11.6 Å². The molecule has 6 heteroatoms. The monoisotopic (exact) mass is 383 g/mol. The summed E-state index contributed by atoms with van der Waals surface area (Å²) < 4.78 is 0. The van der Waals surface area contributed by atoms with E-state index in [2.05, 4.69) is 29.6 Å². The van der Waals surface area contributed by atoms with E-state index in [0.717, 1.165) is 27.1 Å². The third-order valence-electron chi connectivity index (χ3n) is 4.92. The fourth-order valence-corrected chi connectivity index (χ4v) is 3.50. The Morgan fingerprint density at radius 2 is 1.52 bits per heavy atom. The van der Waals surface area contributed by atoms with Gasteiger partial charge in [-0.25, -0.2) is 5.43 Å². The number of non-ortho nitro benzene ring substituents is 1. The summed E-state index contributed by atoms with van der Waals surface area (Å²) >= 11 is 0. The predicted molar refractivity (Wildman–Crippen MR) is 114 cm³/mol. The number of carbonyl (C=O) groups is 1. The lowest BCUT2D eigenvalue weighted by Gasteiger charge is -2.11. The molecule has 0 atom stereocenters. The van der Waals surface area contributed by atoms with Gasteiger partial charge in [-0.2, -0.15) is 5.10 Å². The Morgan fingerprint density at radius 3 is 2.10 bits per heavy atom. The summed E-state index contributed by atoms with van der Waals surface area (Å²) in [6, 6.07) is 21.6. The molecule has 0 aromatic heterocycles. The van der Waals surface area contributed by atoms with E-state index in [1.54, 1.807) is 6.21 Å². The van der Waals surface area contributed by atoms with E-state index in [4.69, 9.17) is 0 Å². The van der Waals surface area contributed by atoms with E-state index in [1.807, 2.05) is 36.4 Å². The second kappa shape index (κ2) is 7.52. The van der Waals surface area contributed by atoms with Crippen LogP contribution >= 0.6 is 0 Å². The molecule has 0 spiro atoms. The van der Waals surface area contributed by atoms with Gasteiger partial charge in [-0.3, -0.25) is 14.9 Å². The van der Waals surface area contributed by atoms with Gasteiger partial charge in [0.15, 0.2) is 0 Å². The molecule has 4 aromatic carbocycles. The maximum Gasteiger partial charge on any atom is 0.271 e. The maximum absolute atomic E-state index is 12.3. The summed E-state index contributed by atoms with van der Waals surface area (Å²) in [6.07, 6.45) is 1.62. The number of benzene rings is 4. The van der Waals surface area contributed by atoms with Crippen LogP contribution in [0.25, 0.3) is 21.5 Å². The second-order valence-electron chi connectivity index (χ2n) is 6.64. The number of nitro groups is 1. The standard InChI is InChI=1S/C23H17N3O3/c1-15-18-9-2-4-11-20(18)22(21-12-5-3-10-19(15)21)14-24-25-23(27)16-7-6-8-17(13-16)26(28)29/h2-14H,1H3,(H,25,27)/b24-14+. The molecule has 0 bridgehead atoms. The first-order valence-corrected chi connectivity index (χ1v) is 9.04. The molecule has 0 saturated heterocycles. The predicted octanol–water partition coefficient (Wildman–Crippen LogP) is 4.97. The molecule has 29 heavy (non-hydrogen) atoms. The van der Waals surface area contributed by atoms with Crippen LogP contribution < -0.4 is 5.43 Å². The number of rotatable bonds is 4. The van der Waals surface area contributed by atoms with Crippen molar-refractivity contribution in [2.24, 2.45) is 5.10 Å². The Hall–Kier alpha value is -4.06. The minimum atomic E-state index is -0.537. The quantitative estimate of drug-likeness (QED) is 0.234. The Kier molecular flexibility index (Phi) is 4.75. The van der Waals surface area contributed by atoms with E-state index in [1.165, 1.54) is 29.8 Å². The molecule has 4 aromatic rings. The minimum absolute atomic E-state index is 0.142. The molecule has 0 unspecified atom stereocenters. The third kappa shape index (κ3) is 3.43. The van der Waals surface area contributed by atoms with Gasteiger partial charge in [0.1, 0.15) is 0 Å². The number of aryl methyl sites for hydroxylation is 1. The zero-order chi connectivity index (χ0) is 20.4. The highest BCUT2D eigenvalue weighted by Crippen LogP contribution is 2.31. The van der Waals surface area contributed by atoms with Crippen LogP contribution in [0.2, 0.25) is 0 Å². The van der Waals surface area contributed by atoms with Crippen LogP contribution in [0.3, 0.4) is 0 Å². The summed E-state index contributed by atoms with van der Waals surface area (Å²) in [4.78, 5) is 22.7. The van der Waals surface area contributed by atoms with Gasteiger partial charge in [-0.1, -0.05) is 54.6 Å². The number of carbonyl (C=O) groups excluding carboxylic acids is 1. The molecule has 1 amide bonds. The highest BCUT2D eigenvalue weighted by molar-refractivity contribution is 6.15. The van der Waals surface area contributed by atoms with Crippen molar-refractivity contribution >= 4 is 39.4 Å². The van der Waals surface area contributed by atoms with Crippen LogP contribution in [0.4, 0.5) is 5.69 Å².